The average Bonchev–Trinajstić information content (AvgIpc) is 2.46. The largest absolute Gasteiger partial charge is 0.416 e. The van der Waals surface area contributed by atoms with E-state index in [1.807, 2.05) is 0 Å². The zero-order chi connectivity index (χ0) is 17.5. The molecule has 0 saturated carbocycles. The van der Waals surface area contributed by atoms with Crippen LogP contribution >= 0.6 is 0 Å². The number of hydrogen-bond acceptors (Lipinski definition) is 2. The van der Waals surface area contributed by atoms with Gasteiger partial charge in [0, 0.05) is 12.5 Å². The lowest BCUT2D eigenvalue weighted by atomic mass is 10.1. The molecule has 0 amide bonds. The van der Waals surface area contributed by atoms with Crippen molar-refractivity contribution in [2.24, 2.45) is 0 Å². The second kappa shape index (κ2) is 5.59. The fourth-order valence-electron chi connectivity index (χ4n) is 1.90. The van der Waals surface area contributed by atoms with Crippen molar-refractivity contribution in [3.8, 4) is 0 Å². The predicted octanol–water partition coefficient (Wildman–Crippen LogP) is 4.65. The van der Waals surface area contributed by atoms with Crippen molar-refractivity contribution in [1.82, 2.24) is 0 Å². The molecule has 8 heteroatoms. The fourth-order valence-corrected chi connectivity index (χ4v) is 3.20. The van der Waals surface area contributed by atoms with Crippen LogP contribution in [0.2, 0.25) is 0 Å². The summed E-state index contributed by atoms with van der Waals surface area (Å²) in [4.78, 5) is -0.807. The van der Waals surface area contributed by atoms with Gasteiger partial charge in [0.25, 0.3) is 5.92 Å². The zero-order valence-electron chi connectivity index (χ0n) is 11.7. The Kier molecular flexibility index (Phi) is 4.23. The maximum absolute atomic E-state index is 13.3. The van der Waals surface area contributed by atoms with Gasteiger partial charge >= 0.3 is 6.18 Å². The lowest BCUT2D eigenvalue weighted by molar-refractivity contribution is -0.137. The highest BCUT2D eigenvalue weighted by Gasteiger charge is 2.31. The molecule has 0 radical (unpaired) electrons. The Labute approximate surface area is 129 Å². The Morgan fingerprint density at radius 3 is 1.83 bits per heavy atom. The molecule has 0 atom stereocenters. The molecule has 0 aliphatic heterocycles. The smallest absolute Gasteiger partial charge is 0.219 e. The summed E-state index contributed by atoms with van der Waals surface area (Å²) in [5.74, 6) is -3.23. The number of sulfone groups is 1. The number of alkyl halides is 5. The molecule has 2 aromatic rings. The maximum atomic E-state index is 13.3. The van der Waals surface area contributed by atoms with Crippen LogP contribution in [0.15, 0.2) is 58.3 Å². The van der Waals surface area contributed by atoms with Gasteiger partial charge in [-0.15, -0.1) is 0 Å². The third-order valence-electron chi connectivity index (χ3n) is 3.14. The molecule has 124 valence electrons. The second-order valence-corrected chi connectivity index (χ2v) is 6.89. The molecular formula is C15H11F5O2S. The van der Waals surface area contributed by atoms with E-state index in [0.717, 1.165) is 36.4 Å². The van der Waals surface area contributed by atoms with Crippen LogP contribution in [0.4, 0.5) is 22.0 Å². The first-order valence-electron chi connectivity index (χ1n) is 6.33. The standard InChI is InChI=1S/C15H11F5O2S/c1-14(16,17)11-3-2-4-13(9-11)23(21,22)12-7-5-10(6-8-12)15(18,19)20/h2-9H,1H3. The Morgan fingerprint density at radius 1 is 0.783 bits per heavy atom. The Bertz CT molecular complexity index is 803. The molecule has 0 unspecified atom stereocenters. The minimum absolute atomic E-state index is 0.401. The van der Waals surface area contributed by atoms with E-state index in [1.165, 1.54) is 0 Å². The summed E-state index contributed by atoms with van der Waals surface area (Å²) in [5, 5.41) is 0. The van der Waals surface area contributed by atoms with Gasteiger partial charge in [0.2, 0.25) is 9.84 Å². The van der Waals surface area contributed by atoms with Gasteiger partial charge in [0.15, 0.2) is 0 Å². The quantitative estimate of drug-likeness (QED) is 0.755. The van der Waals surface area contributed by atoms with Gasteiger partial charge in [0.05, 0.1) is 15.4 Å². The monoisotopic (exact) mass is 350 g/mol. The molecule has 0 aliphatic carbocycles. The normalized spacial score (nSPS) is 13.1. The van der Waals surface area contributed by atoms with Gasteiger partial charge in [0.1, 0.15) is 0 Å². The van der Waals surface area contributed by atoms with Crippen LogP contribution in [0.5, 0.6) is 0 Å². The third kappa shape index (κ3) is 3.69. The molecule has 23 heavy (non-hydrogen) atoms. The average molecular weight is 350 g/mol. The van der Waals surface area contributed by atoms with Crippen LogP contribution in [0.3, 0.4) is 0 Å². The molecule has 0 aliphatic rings. The molecular weight excluding hydrogens is 339 g/mol. The number of hydrogen-bond donors (Lipinski definition) is 0. The van der Waals surface area contributed by atoms with E-state index < -0.39 is 42.9 Å². The molecule has 0 fully saturated rings. The molecule has 2 nitrogen and oxygen atoms in total. The van der Waals surface area contributed by atoms with Crippen molar-refractivity contribution in [1.29, 1.82) is 0 Å². The van der Waals surface area contributed by atoms with Crippen molar-refractivity contribution in [2.75, 3.05) is 0 Å². The summed E-state index contributed by atoms with van der Waals surface area (Å²) >= 11 is 0. The molecule has 0 N–H and O–H groups in total. The summed E-state index contributed by atoms with van der Waals surface area (Å²) in [6.07, 6.45) is -4.59. The molecule has 0 spiro atoms. The molecule has 2 aromatic carbocycles. The van der Waals surface area contributed by atoms with E-state index in [-0.39, 0.29) is 0 Å². The number of halogens is 5. The highest BCUT2D eigenvalue weighted by molar-refractivity contribution is 7.91. The predicted molar refractivity (Wildman–Crippen MR) is 72.9 cm³/mol. The van der Waals surface area contributed by atoms with Gasteiger partial charge in [-0.3, -0.25) is 0 Å². The third-order valence-corrected chi connectivity index (χ3v) is 4.91. The van der Waals surface area contributed by atoms with Crippen LogP contribution in [-0.4, -0.2) is 8.42 Å². The number of benzene rings is 2. The van der Waals surface area contributed by atoms with E-state index in [2.05, 4.69) is 0 Å². The van der Waals surface area contributed by atoms with E-state index >= 15 is 0 Å². The highest BCUT2D eigenvalue weighted by Crippen LogP contribution is 2.32. The summed E-state index contributed by atoms with van der Waals surface area (Å²) in [5.41, 5.74) is -1.49. The summed E-state index contributed by atoms with van der Waals surface area (Å²) in [6, 6.07) is 7.02. The molecule has 0 heterocycles. The number of rotatable bonds is 3. The van der Waals surface area contributed by atoms with Crippen molar-refractivity contribution in [2.45, 2.75) is 28.8 Å². The lowest BCUT2D eigenvalue weighted by Crippen LogP contribution is -2.10. The van der Waals surface area contributed by atoms with E-state index in [1.54, 1.807) is 0 Å². The topological polar surface area (TPSA) is 34.1 Å². The van der Waals surface area contributed by atoms with Gasteiger partial charge in [-0.2, -0.15) is 13.2 Å². The first-order chi connectivity index (χ1) is 10.4. The van der Waals surface area contributed by atoms with Crippen LogP contribution in [0, 0.1) is 0 Å². The first-order valence-corrected chi connectivity index (χ1v) is 7.81. The van der Waals surface area contributed by atoms with Gasteiger partial charge < -0.3 is 0 Å². The van der Waals surface area contributed by atoms with E-state index in [0.29, 0.717) is 19.1 Å². The fraction of sp³-hybridized carbons (Fsp3) is 0.200. The van der Waals surface area contributed by atoms with Gasteiger partial charge in [-0.25, -0.2) is 17.2 Å². The summed E-state index contributed by atoms with van der Waals surface area (Å²) < 4.78 is 88.7. The van der Waals surface area contributed by atoms with Crippen LogP contribution in [-0.2, 0) is 21.9 Å². The maximum Gasteiger partial charge on any atom is 0.416 e. The Balaban J connectivity index is 2.47. The van der Waals surface area contributed by atoms with Crippen LogP contribution in [0.25, 0.3) is 0 Å². The minimum atomic E-state index is -4.59. The van der Waals surface area contributed by atoms with E-state index in [9.17, 15) is 30.4 Å². The molecule has 2 rings (SSSR count). The molecule has 0 aromatic heterocycles. The van der Waals surface area contributed by atoms with Crippen molar-refractivity contribution < 1.29 is 30.4 Å². The minimum Gasteiger partial charge on any atom is -0.219 e. The van der Waals surface area contributed by atoms with Gasteiger partial charge in [-0.1, -0.05) is 12.1 Å². The van der Waals surface area contributed by atoms with Crippen molar-refractivity contribution in [3.05, 3.63) is 59.7 Å². The Morgan fingerprint density at radius 2 is 1.35 bits per heavy atom. The van der Waals surface area contributed by atoms with E-state index in [4.69, 9.17) is 0 Å². The molecule has 0 saturated heterocycles. The van der Waals surface area contributed by atoms with Gasteiger partial charge in [-0.05, 0) is 36.4 Å². The van der Waals surface area contributed by atoms with Crippen LogP contribution in [0.1, 0.15) is 18.1 Å². The second-order valence-electron chi connectivity index (χ2n) is 4.94. The highest BCUT2D eigenvalue weighted by atomic mass is 32.2. The van der Waals surface area contributed by atoms with Crippen LogP contribution < -0.4 is 0 Å². The molecule has 0 bridgehead atoms. The lowest BCUT2D eigenvalue weighted by Gasteiger charge is -2.13. The zero-order valence-corrected chi connectivity index (χ0v) is 12.5. The summed E-state index contributed by atoms with van der Waals surface area (Å²) in [6.45, 7) is 0.622. The summed E-state index contributed by atoms with van der Waals surface area (Å²) in [7, 11) is -4.18. The Hall–Kier alpha value is -1.96. The SMILES string of the molecule is CC(F)(F)c1cccc(S(=O)(=O)c2ccc(C(F)(F)F)cc2)c1. The van der Waals surface area contributed by atoms with Crippen molar-refractivity contribution >= 4 is 9.84 Å². The first kappa shape index (κ1) is 17.4. The van der Waals surface area contributed by atoms with Crippen molar-refractivity contribution in [3.63, 3.8) is 0 Å².